The monoisotopic (exact) mass is 343 g/mol. The molecule has 1 saturated heterocycles. The van der Waals surface area contributed by atoms with E-state index in [2.05, 4.69) is 17.7 Å². The molecule has 3 rings (SSSR count). The second-order valence-corrected chi connectivity index (χ2v) is 7.36. The first-order valence-corrected chi connectivity index (χ1v) is 8.91. The van der Waals surface area contributed by atoms with Crippen LogP contribution < -0.4 is 10.7 Å². The number of carbonyl (C=O) groups is 3. The summed E-state index contributed by atoms with van der Waals surface area (Å²) in [6.07, 6.45) is 3.87. The van der Waals surface area contributed by atoms with Crippen molar-refractivity contribution >= 4 is 17.8 Å². The van der Waals surface area contributed by atoms with E-state index in [1.165, 1.54) is 5.56 Å². The van der Waals surface area contributed by atoms with Gasteiger partial charge in [-0.15, -0.1) is 0 Å². The fourth-order valence-electron chi connectivity index (χ4n) is 3.51. The maximum absolute atomic E-state index is 12.7. The lowest BCUT2D eigenvalue weighted by Crippen LogP contribution is -2.51. The summed E-state index contributed by atoms with van der Waals surface area (Å²) in [5.41, 5.74) is 3.87. The lowest BCUT2D eigenvalue weighted by atomic mass is 9.77. The van der Waals surface area contributed by atoms with Crippen LogP contribution in [0.15, 0.2) is 24.3 Å². The Bertz CT molecular complexity index is 676. The van der Waals surface area contributed by atoms with Gasteiger partial charge in [-0.2, -0.15) is 5.01 Å². The lowest BCUT2D eigenvalue weighted by Gasteiger charge is -2.33. The zero-order valence-corrected chi connectivity index (χ0v) is 14.8. The summed E-state index contributed by atoms with van der Waals surface area (Å²) in [4.78, 5) is 37.0. The molecule has 0 atom stereocenters. The fraction of sp³-hybridized carbons (Fsp3) is 0.526. The van der Waals surface area contributed by atoms with Crippen LogP contribution in [0.25, 0.3) is 0 Å². The number of aryl methyl sites for hydroxylation is 2. The molecule has 0 radical (unpaired) electrons. The minimum absolute atomic E-state index is 0.226. The zero-order valence-electron chi connectivity index (χ0n) is 14.8. The van der Waals surface area contributed by atoms with Crippen LogP contribution >= 0.6 is 0 Å². The molecule has 134 valence electrons. The minimum atomic E-state index is -0.826. The van der Waals surface area contributed by atoms with Crippen LogP contribution in [0.5, 0.6) is 0 Å². The van der Waals surface area contributed by atoms with Gasteiger partial charge in [0.15, 0.2) is 0 Å². The van der Waals surface area contributed by atoms with E-state index in [4.69, 9.17) is 0 Å². The molecule has 1 aromatic rings. The van der Waals surface area contributed by atoms with E-state index in [9.17, 15) is 14.4 Å². The lowest BCUT2D eigenvalue weighted by molar-refractivity contribution is -0.140. The van der Waals surface area contributed by atoms with Gasteiger partial charge in [-0.05, 0) is 50.5 Å². The molecule has 1 saturated carbocycles. The largest absolute Gasteiger partial charge is 0.344 e. The normalized spacial score (nSPS) is 26.0. The number of nitrogens with zero attached hydrogens (tertiary/aromatic N) is 1. The van der Waals surface area contributed by atoms with Crippen LogP contribution in [-0.2, 0) is 16.0 Å². The molecule has 25 heavy (non-hydrogen) atoms. The third-order valence-corrected chi connectivity index (χ3v) is 5.29. The van der Waals surface area contributed by atoms with Crippen molar-refractivity contribution < 1.29 is 14.4 Å². The summed E-state index contributed by atoms with van der Waals surface area (Å²) < 4.78 is 0. The highest BCUT2D eigenvalue weighted by atomic mass is 16.2. The number of urea groups is 1. The quantitative estimate of drug-likeness (QED) is 0.824. The number of hydrazine groups is 1. The van der Waals surface area contributed by atoms with E-state index >= 15 is 0 Å². The van der Waals surface area contributed by atoms with Crippen molar-refractivity contribution in [2.45, 2.75) is 57.9 Å². The average Bonchev–Trinajstić information content (AvgIpc) is 2.82. The van der Waals surface area contributed by atoms with Crippen molar-refractivity contribution in [1.29, 1.82) is 0 Å². The van der Waals surface area contributed by atoms with Crippen LogP contribution in [0.2, 0.25) is 0 Å². The molecule has 4 amide bonds. The van der Waals surface area contributed by atoms with Crippen LogP contribution in [-0.4, -0.2) is 28.4 Å². The van der Waals surface area contributed by atoms with Gasteiger partial charge in [0.2, 0.25) is 5.91 Å². The van der Waals surface area contributed by atoms with Crippen LogP contribution in [0.3, 0.4) is 0 Å². The Morgan fingerprint density at radius 3 is 2.52 bits per heavy atom. The van der Waals surface area contributed by atoms with Crippen LogP contribution in [0.1, 0.15) is 50.2 Å². The Kier molecular flexibility index (Phi) is 4.79. The zero-order chi connectivity index (χ0) is 18.0. The van der Waals surface area contributed by atoms with Crippen molar-refractivity contribution in [3.05, 3.63) is 35.4 Å². The number of carbonyl (C=O) groups excluding carboxylic acids is 3. The summed E-state index contributed by atoms with van der Waals surface area (Å²) in [6.45, 7) is 4.16. The summed E-state index contributed by atoms with van der Waals surface area (Å²) in [7, 11) is 0. The fourth-order valence-corrected chi connectivity index (χ4v) is 3.51. The second-order valence-electron chi connectivity index (χ2n) is 7.36. The maximum Gasteiger partial charge on any atom is 0.344 e. The highest BCUT2D eigenvalue weighted by Crippen LogP contribution is 2.35. The molecule has 1 aliphatic carbocycles. The predicted molar refractivity (Wildman–Crippen MR) is 93.4 cm³/mol. The van der Waals surface area contributed by atoms with E-state index < -0.39 is 11.6 Å². The van der Waals surface area contributed by atoms with Gasteiger partial charge in [-0.25, -0.2) is 4.79 Å². The number of rotatable bonds is 4. The van der Waals surface area contributed by atoms with Crippen molar-refractivity contribution in [2.75, 3.05) is 0 Å². The van der Waals surface area contributed by atoms with Gasteiger partial charge in [-0.1, -0.05) is 36.8 Å². The molecular formula is C19H25N3O3. The predicted octanol–water partition coefficient (Wildman–Crippen LogP) is 2.46. The first kappa shape index (κ1) is 17.5. The maximum atomic E-state index is 12.7. The van der Waals surface area contributed by atoms with E-state index in [-0.39, 0.29) is 18.2 Å². The third kappa shape index (κ3) is 3.67. The first-order chi connectivity index (χ1) is 11.9. The molecule has 0 unspecified atom stereocenters. The van der Waals surface area contributed by atoms with Crippen molar-refractivity contribution in [3.63, 3.8) is 0 Å². The molecule has 2 N–H and O–H groups in total. The Balaban J connectivity index is 1.56. The first-order valence-electron chi connectivity index (χ1n) is 8.91. The summed E-state index contributed by atoms with van der Waals surface area (Å²) in [5.74, 6) is -0.0909. The highest BCUT2D eigenvalue weighted by Gasteiger charge is 2.52. The topological polar surface area (TPSA) is 78.5 Å². The number of benzene rings is 1. The minimum Gasteiger partial charge on any atom is -0.322 e. The molecule has 1 spiro atoms. The Labute approximate surface area is 147 Å². The van der Waals surface area contributed by atoms with Crippen molar-refractivity contribution in [3.8, 4) is 0 Å². The van der Waals surface area contributed by atoms with Gasteiger partial charge < -0.3 is 5.32 Å². The van der Waals surface area contributed by atoms with Gasteiger partial charge in [-0.3, -0.25) is 15.0 Å². The molecule has 2 fully saturated rings. The number of imide groups is 1. The number of hydrogen-bond acceptors (Lipinski definition) is 3. The van der Waals surface area contributed by atoms with Gasteiger partial charge in [0, 0.05) is 6.42 Å². The molecule has 1 heterocycles. The molecule has 0 aromatic heterocycles. The molecule has 0 bridgehead atoms. The van der Waals surface area contributed by atoms with E-state index in [1.807, 2.05) is 31.2 Å². The second kappa shape index (κ2) is 6.86. The Morgan fingerprint density at radius 2 is 1.88 bits per heavy atom. The summed E-state index contributed by atoms with van der Waals surface area (Å²) >= 11 is 0. The standard InChI is InChI=1S/C19H25N3O3/c1-13-3-5-15(6-4-13)7-8-16(23)21-22-17(24)19(20-18(22)25)11-9-14(2)10-12-19/h3-6,14H,7-12H2,1-2H3,(H,20,25)(H,21,23). The molecule has 6 nitrogen and oxygen atoms in total. The van der Waals surface area contributed by atoms with Gasteiger partial charge in [0.05, 0.1) is 0 Å². The molecule has 2 aliphatic rings. The van der Waals surface area contributed by atoms with Gasteiger partial charge >= 0.3 is 6.03 Å². The van der Waals surface area contributed by atoms with E-state index in [1.54, 1.807) is 0 Å². The Hall–Kier alpha value is -2.37. The molecule has 6 heteroatoms. The number of nitrogens with one attached hydrogen (secondary N) is 2. The molecular weight excluding hydrogens is 318 g/mol. The van der Waals surface area contributed by atoms with Crippen molar-refractivity contribution in [1.82, 2.24) is 15.8 Å². The molecule has 1 aromatic carbocycles. The van der Waals surface area contributed by atoms with Crippen LogP contribution in [0.4, 0.5) is 4.79 Å². The molecule has 1 aliphatic heterocycles. The highest BCUT2D eigenvalue weighted by molar-refractivity contribution is 6.08. The van der Waals surface area contributed by atoms with Gasteiger partial charge in [0.25, 0.3) is 5.91 Å². The average molecular weight is 343 g/mol. The Morgan fingerprint density at radius 1 is 1.24 bits per heavy atom. The van der Waals surface area contributed by atoms with Crippen LogP contribution in [0, 0.1) is 12.8 Å². The van der Waals surface area contributed by atoms with Gasteiger partial charge in [0.1, 0.15) is 5.54 Å². The summed E-state index contributed by atoms with van der Waals surface area (Å²) in [5, 5.41) is 3.67. The number of amides is 4. The number of hydrogen-bond donors (Lipinski definition) is 2. The third-order valence-electron chi connectivity index (χ3n) is 5.29. The smallest absolute Gasteiger partial charge is 0.322 e. The van der Waals surface area contributed by atoms with E-state index in [0.717, 1.165) is 23.4 Å². The summed E-state index contributed by atoms with van der Waals surface area (Å²) in [6, 6.07) is 7.43. The van der Waals surface area contributed by atoms with Crippen molar-refractivity contribution in [2.24, 2.45) is 5.92 Å². The van der Waals surface area contributed by atoms with E-state index in [0.29, 0.717) is 25.2 Å². The SMILES string of the molecule is Cc1ccc(CCC(=O)NN2C(=O)NC3(CCC(C)CC3)C2=O)cc1.